The number of hydrogen-bond acceptors (Lipinski definition) is 4. The molecule has 0 unspecified atom stereocenters. The average Bonchev–Trinajstić information content (AvgIpc) is 2.69. The molecule has 0 saturated carbocycles. The van der Waals surface area contributed by atoms with Crippen LogP contribution in [0.25, 0.3) is 0 Å². The molecule has 0 rings (SSSR count). The third-order valence-electron chi connectivity index (χ3n) is 3.65. The van der Waals surface area contributed by atoms with E-state index < -0.39 is 5.97 Å². The lowest BCUT2D eigenvalue weighted by molar-refractivity contribution is -0.137. The minimum absolute atomic E-state index is 0.332. The molecule has 0 aromatic heterocycles. The molecule has 5 heteroatoms. The number of carbonyl (C=O) groups is 1. The molecule has 0 aliphatic heterocycles. The molecule has 160 valence electrons. The number of carboxylic acid groups (broad SMARTS) is 1. The van der Waals surface area contributed by atoms with Gasteiger partial charge in [0.25, 0.3) is 0 Å². The van der Waals surface area contributed by atoms with E-state index in [1.807, 2.05) is 0 Å². The van der Waals surface area contributed by atoms with Gasteiger partial charge in [-0.1, -0.05) is 70.4 Å². The summed E-state index contributed by atoms with van der Waals surface area (Å²) in [4.78, 5) is 10.3. The zero-order valence-corrected chi connectivity index (χ0v) is 17.8. The zero-order chi connectivity index (χ0) is 20.9. The molecule has 0 fully saturated rings. The molecule has 0 aromatic rings. The van der Waals surface area contributed by atoms with Crippen LogP contribution in [0.4, 0.5) is 0 Å². The minimum atomic E-state index is -0.664. The standard InChI is InChI=1S/C18H34O2.3CH4O/c1-2-3-4-5-6-7-8-9-10-11-12-13-14-15-16-17-18(19)20;3*1-2/h9-10H,2-8,11-17H2,1H3,(H,19,20);3*2H,1H3/b10-9-;;;. The van der Waals surface area contributed by atoms with Crippen LogP contribution in [0.1, 0.15) is 96.8 Å². The van der Waals surface area contributed by atoms with Crippen LogP contribution in [0.3, 0.4) is 0 Å². The van der Waals surface area contributed by atoms with Gasteiger partial charge in [-0.3, -0.25) is 4.79 Å². The topological polar surface area (TPSA) is 98.0 Å². The van der Waals surface area contributed by atoms with E-state index >= 15 is 0 Å². The summed E-state index contributed by atoms with van der Waals surface area (Å²) >= 11 is 0. The van der Waals surface area contributed by atoms with Crippen molar-refractivity contribution in [2.45, 2.75) is 96.8 Å². The van der Waals surface area contributed by atoms with Crippen molar-refractivity contribution in [1.29, 1.82) is 0 Å². The van der Waals surface area contributed by atoms with E-state index in [1.54, 1.807) is 0 Å². The number of unbranched alkanes of at least 4 members (excludes halogenated alkanes) is 11. The van der Waals surface area contributed by atoms with E-state index in [0.29, 0.717) is 6.42 Å². The summed E-state index contributed by atoms with van der Waals surface area (Å²) < 4.78 is 0. The van der Waals surface area contributed by atoms with Crippen molar-refractivity contribution in [1.82, 2.24) is 0 Å². The van der Waals surface area contributed by atoms with Gasteiger partial charge in [-0.15, -0.1) is 0 Å². The molecular weight excluding hydrogens is 332 g/mol. The van der Waals surface area contributed by atoms with E-state index in [1.165, 1.54) is 70.6 Å². The van der Waals surface area contributed by atoms with E-state index in [2.05, 4.69) is 19.1 Å². The number of aliphatic hydroxyl groups excluding tert-OH is 3. The molecule has 0 aliphatic carbocycles. The molecule has 0 spiro atoms. The van der Waals surface area contributed by atoms with Gasteiger partial charge in [-0.2, -0.15) is 0 Å². The first-order valence-corrected chi connectivity index (χ1v) is 9.98. The number of carboxylic acids is 1. The van der Waals surface area contributed by atoms with Crippen LogP contribution >= 0.6 is 0 Å². The largest absolute Gasteiger partial charge is 0.481 e. The molecule has 5 nitrogen and oxygen atoms in total. The van der Waals surface area contributed by atoms with Crippen molar-refractivity contribution in [3.63, 3.8) is 0 Å². The van der Waals surface area contributed by atoms with E-state index in [9.17, 15) is 4.79 Å². The molecular formula is C21H46O5. The predicted octanol–water partition coefficient (Wildman–Crippen LogP) is 4.93. The Kier molecular flexibility index (Phi) is 49.4. The highest BCUT2D eigenvalue weighted by Gasteiger charge is 1.95. The first-order chi connectivity index (χ1) is 12.8. The van der Waals surface area contributed by atoms with Crippen molar-refractivity contribution in [2.24, 2.45) is 0 Å². The maximum Gasteiger partial charge on any atom is 0.303 e. The van der Waals surface area contributed by atoms with Crippen molar-refractivity contribution in [2.75, 3.05) is 21.3 Å². The Bertz CT molecular complexity index is 243. The van der Waals surface area contributed by atoms with Gasteiger partial charge in [0.15, 0.2) is 0 Å². The van der Waals surface area contributed by atoms with E-state index in [4.69, 9.17) is 20.4 Å². The van der Waals surface area contributed by atoms with Gasteiger partial charge < -0.3 is 20.4 Å². The summed E-state index contributed by atoms with van der Waals surface area (Å²) in [7, 11) is 3.00. The Labute approximate surface area is 162 Å². The van der Waals surface area contributed by atoms with Crippen LogP contribution < -0.4 is 0 Å². The predicted molar refractivity (Wildman–Crippen MR) is 112 cm³/mol. The fourth-order valence-corrected chi connectivity index (χ4v) is 2.35. The molecule has 0 aromatic carbocycles. The van der Waals surface area contributed by atoms with Gasteiger partial charge in [0.05, 0.1) is 0 Å². The van der Waals surface area contributed by atoms with Crippen LogP contribution in [-0.4, -0.2) is 47.7 Å². The Morgan fingerprint density at radius 1 is 0.615 bits per heavy atom. The fraction of sp³-hybridized carbons (Fsp3) is 0.857. The number of hydrogen-bond donors (Lipinski definition) is 4. The third-order valence-corrected chi connectivity index (χ3v) is 3.65. The second-order valence-electron chi connectivity index (χ2n) is 5.73. The number of aliphatic hydroxyl groups is 3. The minimum Gasteiger partial charge on any atom is -0.481 e. The highest BCUT2D eigenvalue weighted by molar-refractivity contribution is 5.66. The van der Waals surface area contributed by atoms with Crippen molar-refractivity contribution in [3.8, 4) is 0 Å². The smallest absolute Gasteiger partial charge is 0.303 e. The highest BCUT2D eigenvalue weighted by atomic mass is 16.4. The van der Waals surface area contributed by atoms with Crippen LogP contribution in [0.15, 0.2) is 12.2 Å². The number of aliphatic carboxylic acids is 1. The second kappa shape index (κ2) is 39.2. The molecule has 0 aliphatic rings. The molecule has 26 heavy (non-hydrogen) atoms. The molecule has 0 saturated heterocycles. The van der Waals surface area contributed by atoms with Crippen LogP contribution in [0, 0.1) is 0 Å². The summed E-state index contributed by atoms with van der Waals surface area (Å²) in [6.07, 6.45) is 21.2. The highest BCUT2D eigenvalue weighted by Crippen LogP contribution is 2.09. The fourth-order valence-electron chi connectivity index (χ4n) is 2.35. The quantitative estimate of drug-likeness (QED) is 0.239. The van der Waals surface area contributed by atoms with Gasteiger partial charge in [0.2, 0.25) is 0 Å². The van der Waals surface area contributed by atoms with E-state index in [-0.39, 0.29) is 0 Å². The lowest BCUT2D eigenvalue weighted by atomic mass is 10.1. The average molecular weight is 379 g/mol. The van der Waals surface area contributed by atoms with Gasteiger partial charge >= 0.3 is 5.97 Å². The van der Waals surface area contributed by atoms with Crippen LogP contribution in [0.2, 0.25) is 0 Å². The Morgan fingerprint density at radius 2 is 0.962 bits per heavy atom. The van der Waals surface area contributed by atoms with Gasteiger partial charge in [-0.25, -0.2) is 0 Å². The summed E-state index contributed by atoms with van der Waals surface area (Å²) in [5.74, 6) is -0.664. The lowest BCUT2D eigenvalue weighted by Gasteiger charge is -1.99. The molecule has 0 atom stereocenters. The first-order valence-electron chi connectivity index (χ1n) is 9.98. The summed E-state index contributed by atoms with van der Waals surface area (Å²) in [5.41, 5.74) is 0. The first kappa shape index (κ1) is 32.7. The second-order valence-corrected chi connectivity index (χ2v) is 5.73. The van der Waals surface area contributed by atoms with Gasteiger partial charge in [0.1, 0.15) is 0 Å². The Hall–Kier alpha value is -0.910. The summed E-state index contributed by atoms with van der Waals surface area (Å²) in [6.45, 7) is 2.26. The summed E-state index contributed by atoms with van der Waals surface area (Å²) in [6, 6.07) is 0. The van der Waals surface area contributed by atoms with E-state index in [0.717, 1.165) is 34.2 Å². The van der Waals surface area contributed by atoms with Gasteiger partial charge in [-0.05, 0) is 32.1 Å². The molecule has 4 N–H and O–H groups in total. The molecule has 0 amide bonds. The summed E-state index contributed by atoms with van der Waals surface area (Å²) in [5, 5.41) is 29.5. The SMILES string of the molecule is CCCCCCCC/C=C\CCCCCCCC(=O)O.CO.CO.CO. The maximum absolute atomic E-state index is 10.3. The van der Waals surface area contributed by atoms with Crippen molar-refractivity contribution < 1.29 is 25.2 Å². The molecule has 0 bridgehead atoms. The Morgan fingerprint density at radius 3 is 1.35 bits per heavy atom. The third kappa shape index (κ3) is 43.5. The normalized spacial score (nSPS) is 9.35. The monoisotopic (exact) mass is 378 g/mol. The number of rotatable bonds is 15. The van der Waals surface area contributed by atoms with Crippen LogP contribution in [-0.2, 0) is 4.79 Å². The molecule has 0 radical (unpaired) electrons. The zero-order valence-electron chi connectivity index (χ0n) is 17.8. The van der Waals surface area contributed by atoms with Crippen LogP contribution in [0.5, 0.6) is 0 Å². The lowest BCUT2D eigenvalue weighted by Crippen LogP contribution is -1.93. The van der Waals surface area contributed by atoms with Crippen molar-refractivity contribution in [3.05, 3.63) is 12.2 Å². The van der Waals surface area contributed by atoms with Crippen molar-refractivity contribution >= 4 is 5.97 Å². The van der Waals surface area contributed by atoms with Gasteiger partial charge in [0, 0.05) is 27.8 Å². The Balaban J connectivity index is -0.000000362. The maximum atomic E-state index is 10.3. The number of allylic oxidation sites excluding steroid dienone is 2. The molecule has 0 heterocycles.